The number of halogens is 2. The molecule has 1 atom stereocenters. The first-order valence-corrected chi connectivity index (χ1v) is 11.4. The van der Waals surface area contributed by atoms with Crippen molar-refractivity contribution in [3.8, 4) is 0 Å². The molecule has 2 aromatic carbocycles. The minimum Gasteiger partial charge on any atom is -0.387 e. The number of aliphatic hydroxyl groups is 1. The summed E-state index contributed by atoms with van der Waals surface area (Å²) in [5.74, 6) is 0.275. The van der Waals surface area contributed by atoms with E-state index in [-0.39, 0.29) is 27.7 Å². The number of nitrogens with one attached hydrogen (secondary N) is 2. The summed E-state index contributed by atoms with van der Waals surface area (Å²) in [5.41, 5.74) is -0.804. The third-order valence-electron chi connectivity index (χ3n) is 4.25. The molecule has 0 aliphatic carbocycles. The average Bonchev–Trinajstić information content (AvgIpc) is 3.09. The zero-order valence-corrected chi connectivity index (χ0v) is 17.0. The van der Waals surface area contributed by atoms with E-state index in [1.807, 2.05) is 0 Å². The monoisotopic (exact) mass is 444 g/mol. The first kappa shape index (κ1) is 20.9. The highest BCUT2D eigenvalue weighted by molar-refractivity contribution is 7.99. The molecule has 2 aromatic rings. The van der Waals surface area contributed by atoms with Crippen LogP contribution in [0.5, 0.6) is 0 Å². The molecule has 0 spiro atoms. The van der Waals surface area contributed by atoms with E-state index in [0.717, 1.165) is 24.0 Å². The largest absolute Gasteiger partial charge is 0.387 e. The summed E-state index contributed by atoms with van der Waals surface area (Å²) in [4.78, 5) is 12.3. The van der Waals surface area contributed by atoms with E-state index in [2.05, 4.69) is 10.0 Å². The maximum absolute atomic E-state index is 13.0. The van der Waals surface area contributed by atoms with Gasteiger partial charge in [-0.05, 0) is 54.6 Å². The van der Waals surface area contributed by atoms with Gasteiger partial charge in [0.1, 0.15) is 5.82 Å². The van der Waals surface area contributed by atoms with Crippen LogP contribution in [0.25, 0.3) is 0 Å². The van der Waals surface area contributed by atoms with Crippen LogP contribution in [0.3, 0.4) is 0 Å². The average molecular weight is 445 g/mol. The number of carbonyl (C=O) groups is 1. The molecule has 0 unspecified atom stereocenters. The molecule has 1 aliphatic heterocycles. The van der Waals surface area contributed by atoms with Gasteiger partial charge in [-0.2, -0.15) is 11.8 Å². The summed E-state index contributed by atoms with van der Waals surface area (Å²) in [6.45, 7) is 0.0555. The molecule has 1 saturated heterocycles. The highest BCUT2D eigenvalue weighted by atomic mass is 35.5. The molecular weight excluding hydrogens is 427 g/mol. The van der Waals surface area contributed by atoms with Crippen LogP contribution in [-0.4, -0.2) is 43.1 Å². The third kappa shape index (κ3) is 4.96. The van der Waals surface area contributed by atoms with Gasteiger partial charge in [-0.1, -0.05) is 11.6 Å². The van der Waals surface area contributed by atoms with E-state index >= 15 is 0 Å². The molecule has 150 valence electrons. The lowest BCUT2D eigenvalue weighted by Crippen LogP contribution is -2.43. The summed E-state index contributed by atoms with van der Waals surface area (Å²) in [6.07, 6.45) is 0.571. The van der Waals surface area contributed by atoms with Gasteiger partial charge in [-0.15, -0.1) is 0 Å². The fourth-order valence-electron chi connectivity index (χ4n) is 2.65. The number of hydrogen-bond acceptors (Lipinski definition) is 5. The lowest BCUT2D eigenvalue weighted by molar-refractivity contribution is 0.0612. The second-order valence-corrected chi connectivity index (χ2v) is 9.66. The molecule has 0 bridgehead atoms. The molecule has 3 rings (SSSR count). The van der Waals surface area contributed by atoms with E-state index < -0.39 is 27.3 Å². The maximum Gasteiger partial charge on any atom is 0.261 e. The Hall–Kier alpha value is -1.81. The normalized spacial score (nSPS) is 19.4. The quantitative estimate of drug-likeness (QED) is 0.636. The Morgan fingerprint density at radius 3 is 2.61 bits per heavy atom. The van der Waals surface area contributed by atoms with Crippen LogP contribution in [-0.2, 0) is 10.0 Å². The molecule has 1 fully saturated rings. The molecule has 1 heterocycles. The molecule has 6 nitrogen and oxygen atoms in total. The molecule has 28 heavy (non-hydrogen) atoms. The Morgan fingerprint density at radius 2 is 1.96 bits per heavy atom. The molecule has 0 aromatic heterocycles. The Morgan fingerprint density at radius 1 is 1.25 bits per heavy atom. The van der Waals surface area contributed by atoms with Crippen molar-refractivity contribution in [1.29, 1.82) is 0 Å². The van der Waals surface area contributed by atoms with Gasteiger partial charge in [0.15, 0.2) is 0 Å². The van der Waals surface area contributed by atoms with Crippen LogP contribution in [0.1, 0.15) is 16.8 Å². The predicted molar refractivity (Wildman–Crippen MR) is 108 cm³/mol. The Balaban J connectivity index is 1.77. The van der Waals surface area contributed by atoms with E-state index in [4.69, 9.17) is 11.6 Å². The van der Waals surface area contributed by atoms with E-state index in [0.29, 0.717) is 12.2 Å². The van der Waals surface area contributed by atoms with Gasteiger partial charge >= 0.3 is 0 Å². The second-order valence-electron chi connectivity index (χ2n) is 6.46. The summed E-state index contributed by atoms with van der Waals surface area (Å²) in [7, 11) is -4.01. The van der Waals surface area contributed by atoms with Crippen molar-refractivity contribution in [2.45, 2.75) is 16.9 Å². The number of amides is 1. The van der Waals surface area contributed by atoms with Gasteiger partial charge in [0.05, 0.1) is 21.1 Å². The van der Waals surface area contributed by atoms with Crippen molar-refractivity contribution in [2.75, 3.05) is 22.8 Å². The predicted octanol–water partition coefficient (Wildman–Crippen LogP) is 2.88. The van der Waals surface area contributed by atoms with Crippen LogP contribution in [0.4, 0.5) is 10.1 Å². The van der Waals surface area contributed by atoms with Crippen LogP contribution >= 0.6 is 23.4 Å². The van der Waals surface area contributed by atoms with Crippen LogP contribution in [0, 0.1) is 5.82 Å². The SMILES string of the molecule is O=C(NC[C@]1(O)CCSC1)c1cc(S(=O)(=O)Nc2ccc(F)cc2)ccc1Cl. The summed E-state index contributed by atoms with van der Waals surface area (Å²) >= 11 is 7.67. The van der Waals surface area contributed by atoms with E-state index in [9.17, 15) is 22.7 Å². The molecule has 10 heteroatoms. The third-order valence-corrected chi connectivity index (χ3v) is 7.19. The van der Waals surface area contributed by atoms with Crippen molar-refractivity contribution in [3.05, 3.63) is 58.9 Å². The van der Waals surface area contributed by atoms with Crippen molar-refractivity contribution in [3.63, 3.8) is 0 Å². The van der Waals surface area contributed by atoms with Crippen molar-refractivity contribution in [2.24, 2.45) is 0 Å². The van der Waals surface area contributed by atoms with Gasteiger partial charge in [-0.3, -0.25) is 9.52 Å². The number of thioether (sulfide) groups is 1. The molecule has 0 saturated carbocycles. The zero-order valence-electron chi connectivity index (χ0n) is 14.6. The van der Waals surface area contributed by atoms with Crippen LogP contribution < -0.4 is 10.0 Å². The Bertz CT molecular complexity index is 978. The smallest absolute Gasteiger partial charge is 0.261 e. The van der Waals surface area contributed by atoms with Crippen molar-refractivity contribution in [1.82, 2.24) is 5.32 Å². The number of hydrogen-bond donors (Lipinski definition) is 3. The van der Waals surface area contributed by atoms with Gasteiger partial charge < -0.3 is 10.4 Å². The fraction of sp³-hybridized carbons (Fsp3) is 0.278. The van der Waals surface area contributed by atoms with E-state index in [1.165, 1.54) is 24.3 Å². The lowest BCUT2D eigenvalue weighted by atomic mass is 10.0. The van der Waals surface area contributed by atoms with Crippen molar-refractivity contribution < 1.29 is 22.7 Å². The van der Waals surface area contributed by atoms with Gasteiger partial charge in [0, 0.05) is 18.0 Å². The summed E-state index contributed by atoms with van der Waals surface area (Å²) in [5, 5.41) is 13.0. The van der Waals surface area contributed by atoms with Crippen LogP contribution in [0.15, 0.2) is 47.4 Å². The van der Waals surface area contributed by atoms with Gasteiger partial charge in [0.25, 0.3) is 15.9 Å². The molecule has 1 aliphatic rings. The first-order valence-electron chi connectivity index (χ1n) is 8.35. The Labute approximate surface area is 171 Å². The second kappa shape index (κ2) is 8.28. The van der Waals surface area contributed by atoms with E-state index in [1.54, 1.807) is 11.8 Å². The molecule has 3 N–H and O–H groups in total. The van der Waals surface area contributed by atoms with Crippen molar-refractivity contribution >= 4 is 45.0 Å². The molecule has 0 radical (unpaired) electrons. The van der Waals surface area contributed by atoms with Gasteiger partial charge in [0.2, 0.25) is 0 Å². The summed E-state index contributed by atoms with van der Waals surface area (Å²) < 4.78 is 40.4. The number of anilines is 1. The number of benzene rings is 2. The number of sulfonamides is 1. The lowest BCUT2D eigenvalue weighted by Gasteiger charge is -2.21. The standard InChI is InChI=1S/C18H18ClFN2O4S2/c19-16-6-5-14(28(25,26)22-13-3-1-12(20)2-4-13)9-15(16)17(23)21-10-18(24)7-8-27-11-18/h1-6,9,22,24H,7-8,10-11H2,(H,21,23)/t18-/m1/s1. The van der Waals surface area contributed by atoms with Crippen LogP contribution in [0.2, 0.25) is 5.02 Å². The minimum atomic E-state index is -4.01. The number of carbonyl (C=O) groups excluding carboxylic acids is 1. The number of rotatable bonds is 6. The summed E-state index contributed by atoms with van der Waals surface area (Å²) in [6, 6.07) is 8.58. The highest BCUT2D eigenvalue weighted by Gasteiger charge is 2.32. The fourth-order valence-corrected chi connectivity index (χ4v) is 5.24. The topological polar surface area (TPSA) is 95.5 Å². The zero-order chi connectivity index (χ0) is 20.4. The molecular formula is C18H18ClFN2O4S2. The Kier molecular flexibility index (Phi) is 6.18. The minimum absolute atomic E-state index is 0.0158. The molecule has 1 amide bonds. The first-order chi connectivity index (χ1) is 13.2. The van der Waals surface area contributed by atoms with Gasteiger partial charge in [-0.25, -0.2) is 12.8 Å². The highest BCUT2D eigenvalue weighted by Crippen LogP contribution is 2.27. The maximum atomic E-state index is 13.0.